The molecule has 2 fully saturated rings. The Morgan fingerprint density at radius 2 is 1.79 bits per heavy atom. The summed E-state index contributed by atoms with van der Waals surface area (Å²) in [6.07, 6.45) is 6.33. The van der Waals surface area contributed by atoms with Gasteiger partial charge in [0.25, 0.3) is 5.91 Å². The molecule has 1 aliphatic carbocycles. The Bertz CT molecular complexity index is 908. The summed E-state index contributed by atoms with van der Waals surface area (Å²) in [7, 11) is 0. The van der Waals surface area contributed by atoms with E-state index in [4.69, 9.17) is 4.99 Å². The number of hydrogen-bond acceptors (Lipinski definition) is 3. The third-order valence-electron chi connectivity index (χ3n) is 5.38. The number of thioether (sulfide) groups is 1. The van der Waals surface area contributed by atoms with Gasteiger partial charge >= 0.3 is 0 Å². The zero-order valence-electron chi connectivity index (χ0n) is 15.8. The number of carbonyl (C=O) groups is 1. The number of para-hydroxylation sites is 1. The van der Waals surface area contributed by atoms with Gasteiger partial charge in [-0.1, -0.05) is 50.1 Å². The van der Waals surface area contributed by atoms with E-state index in [9.17, 15) is 9.18 Å². The molecule has 3 nitrogen and oxygen atoms in total. The van der Waals surface area contributed by atoms with Crippen molar-refractivity contribution in [3.8, 4) is 0 Å². The predicted molar refractivity (Wildman–Crippen MR) is 114 cm³/mol. The van der Waals surface area contributed by atoms with E-state index < -0.39 is 0 Å². The van der Waals surface area contributed by atoms with Crippen molar-refractivity contribution in [2.75, 3.05) is 0 Å². The maximum Gasteiger partial charge on any atom is 0.267 e. The van der Waals surface area contributed by atoms with E-state index in [0.717, 1.165) is 35.7 Å². The minimum Gasteiger partial charge on any atom is -0.283 e. The van der Waals surface area contributed by atoms with Crippen LogP contribution in [0.3, 0.4) is 0 Å². The molecule has 2 aromatic carbocycles. The highest BCUT2D eigenvalue weighted by Crippen LogP contribution is 2.40. The minimum absolute atomic E-state index is 0.00255. The van der Waals surface area contributed by atoms with Crippen LogP contribution < -0.4 is 0 Å². The summed E-state index contributed by atoms with van der Waals surface area (Å²) in [6.45, 7) is 2.23. The number of halogens is 1. The van der Waals surface area contributed by atoms with Gasteiger partial charge in [0, 0.05) is 6.04 Å². The van der Waals surface area contributed by atoms with E-state index in [1.54, 1.807) is 12.1 Å². The number of amidine groups is 1. The molecule has 28 heavy (non-hydrogen) atoms. The van der Waals surface area contributed by atoms with Crippen LogP contribution in [0.1, 0.15) is 38.2 Å². The number of aliphatic imine (C=N–C) groups is 1. The molecular formula is C23H23FN2OS. The first kappa shape index (κ1) is 18.9. The summed E-state index contributed by atoms with van der Waals surface area (Å²) < 4.78 is 13.2. The summed E-state index contributed by atoms with van der Waals surface area (Å²) in [5.74, 6) is 0.170. The molecular weight excluding hydrogens is 371 g/mol. The first-order valence-electron chi connectivity index (χ1n) is 9.74. The van der Waals surface area contributed by atoms with Crippen LogP contribution in [-0.4, -0.2) is 22.0 Å². The van der Waals surface area contributed by atoms with E-state index in [2.05, 4.69) is 6.92 Å². The highest BCUT2D eigenvalue weighted by molar-refractivity contribution is 8.18. The average molecular weight is 395 g/mol. The molecule has 0 aromatic heterocycles. The van der Waals surface area contributed by atoms with Crippen LogP contribution in [0.25, 0.3) is 6.08 Å². The number of benzene rings is 2. The molecule has 5 heteroatoms. The molecule has 2 atom stereocenters. The fourth-order valence-electron chi connectivity index (χ4n) is 3.86. The second-order valence-corrected chi connectivity index (χ2v) is 8.41. The second kappa shape index (κ2) is 8.31. The maximum atomic E-state index is 13.3. The molecule has 1 saturated carbocycles. The number of amides is 1. The van der Waals surface area contributed by atoms with Crippen LogP contribution in [0, 0.1) is 11.7 Å². The third kappa shape index (κ3) is 4.04. The standard InChI is InChI=1S/C23H23FN2OS/c1-16-7-5-6-10-20(16)26-22(27)21(15-17-11-13-18(24)14-12-17)28-23(26)25-19-8-3-2-4-9-19/h2-4,8-9,11-16,20H,5-7,10H2,1H3/b21-15-,25-23?/t16-,20+/m1/s1. The molecule has 2 aromatic rings. The lowest BCUT2D eigenvalue weighted by Crippen LogP contribution is -2.44. The van der Waals surface area contributed by atoms with Gasteiger partial charge in [-0.2, -0.15) is 0 Å². The summed E-state index contributed by atoms with van der Waals surface area (Å²) in [5, 5.41) is 0.739. The molecule has 0 spiro atoms. The van der Waals surface area contributed by atoms with Crippen molar-refractivity contribution < 1.29 is 9.18 Å². The lowest BCUT2D eigenvalue weighted by Gasteiger charge is -2.35. The Kier molecular flexibility index (Phi) is 5.62. The van der Waals surface area contributed by atoms with E-state index in [1.807, 2.05) is 41.3 Å². The van der Waals surface area contributed by atoms with Crippen LogP contribution >= 0.6 is 11.8 Å². The van der Waals surface area contributed by atoms with Crippen molar-refractivity contribution in [2.45, 2.75) is 38.6 Å². The molecule has 0 bridgehead atoms. The molecule has 1 aliphatic heterocycles. The Balaban J connectivity index is 1.71. The van der Waals surface area contributed by atoms with Gasteiger partial charge in [-0.15, -0.1) is 0 Å². The van der Waals surface area contributed by atoms with Crippen LogP contribution in [0.15, 0.2) is 64.5 Å². The Labute approximate surface area is 169 Å². The molecule has 0 N–H and O–H groups in total. The molecule has 2 aliphatic rings. The zero-order chi connectivity index (χ0) is 19.5. The highest BCUT2D eigenvalue weighted by Gasteiger charge is 2.41. The second-order valence-electron chi connectivity index (χ2n) is 7.40. The quantitative estimate of drug-likeness (QED) is 0.597. The average Bonchev–Trinajstić information content (AvgIpc) is 3.00. The van der Waals surface area contributed by atoms with Crippen molar-refractivity contribution in [3.05, 3.63) is 70.9 Å². The van der Waals surface area contributed by atoms with Gasteiger partial charge in [0.1, 0.15) is 5.82 Å². The Hall–Kier alpha value is -2.40. The lowest BCUT2D eigenvalue weighted by molar-refractivity contribution is -0.124. The largest absolute Gasteiger partial charge is 0.283 e. The highest BCUT2D eigenvalue weighted by atomic mass is 32.2. The minimum atomic E-state index is -0.281. The van der Waals surface area contributed by atoms with Crippen molar-refractivity contribution in [2.24, 2.45) is 10.9 Å². The van der Waals surface area contributed by atoms with Gasteiger partial charge in [0.15, 0.2) is 5.17 Å². The summed E-state index contributed by atoms with van der Waals surface area (Å²) in [4.78, 5) is 20.6. The van der Waals surface area contributed by atoms with Gasteiger partial charge in [0.2, 0.25) is 0 Å². The van der Waals surface area contributed by atoms with Crippen LogP contribution in [0.5, 0.6) is 0 Å². The third-order valence-corrected chi connectivity index (χ3v) is 6.37. The van der Waals surface area contributed by atoms with Crippen LogP contribution in [0.2, 0.25) is 0 Å². The fraction of sp³-hybridized carbons (Fsp3) is 0.304. The fourth-order valence-corrected chi connectivity index (χ4v) is 4.91. The molecule has 144 valence electrons. The monoisotopic (exact) mass is 394 g/mol. The topological polar surface area (TPSA) is 32.7 Å². The molecule has 1 heterocycles. The van der Waals surface area contributed by atoms with Crippen molar-refractivity contribution in [3.63, 3.8) is 0 Å². The number of nitrogens with zero attached hydrogens (tertiary/aromatic N) is 2. The summed E-state index contributed by atoms with van der Waals surface area (Å²) in [5.41, 5.74) is 1.66. The molecule has 1 amide bonds. The van der Waals surface area contributed by atoms with E-state index >= 15 is 0 Å². The smallest absolute Gasteiger partial charge is 0.267 e. The molecule has 1 saturated heterocycles. The molecule has 0 radical (unpaired) electrons. The molecule has 4 rings (SSSR count). The predicted octanol–water partition coefficient (Wildman–Crippen LogP) is 6.01. The number of hydrogen-bond donors (Lipinski definition) is 0. The normalized spacial score (nSPS) is 25.6. The number of rotatable bonds is 3. The number of carbonyl (C=O) groups excluding carboxylic acids is 1. The van der Waals surface area contributed by atoms with Gasteiger partial charge in [-0.25, -0.2) is 9.38 Å². The first-order chi connectivity index (χ1) is 13.6. The van der Waals surface area contributed by atoms with Gasteiger partial charge < -0.3 is 0 Å². The lowest BCUT2D eigenvalue weighted by atomic mass is 9.85. The van der Waals surface area contributed by atoms with Crippen molar-refractivity contribution in [1.29, 1.82) is 0 Å². The maximum absolute atomic E-state index is 13.3. The molecule has 0 unspecified atom stereocenters. The summed E-state index contributed by atoms with van der Waals surface area (Å²) >= 11 is 1.41. The Morgan fingerprint density at radius 3 is 2.50 bits per heavy atom. The zero-order valence-corrected chi connectivity index (χ0v) is 16.7. The van der Waals surface area contributed by atoms with E-state index in [1.165, 1.54) is 30.3 Å². The first-order valence-corrected chi connectivity index (χ1v) is 10.6. The van der Waals surface area contributed by atoms with E-state index in [-0.39, 0.29) is 17.8 Å². The van der Waals surface area contributed by atoms with Crippen LogP contribution in [-0.2, 0) is 4.79 Å². The van der Waals surface area contributed by atoms with Crippen LogP contribution in [0.4, 0.5) is 10.1 Å². The summed E-state index contributed by atoms with van der Waals surface area (Å²) in [6, 6.07) is 16.1. The van der Waals surface area contributed by atoms with E-state index in [0.29, 0.717) is 10.8 Å². The SMILES string of the molecule is C[C@@H]1CCCC[C@@H]1N1C(=O)/C(=C/c2ccc(F)cc2)SC1=Nc1ccccc1. The van der Waals surface area contributed by atoms with Gasteiger partial charge in [-0.05, 0) is 66.4 Å². The van der Waals surface area contributed by atoms with Crippen molar-refractivity contribution >= 4 is 34.6 Å². The van der Waals surface area contributed by atoms with Gasteiger partial charge in [0.05, 0.1) is 10.6 Å². The van der Waals surface area contributed by atoms with Crippen molar-refractivity contribution in [1.82, 2.24) is 4.90 Å². The Morgan fingerprint density at radius 1 is 1.07 bits per heavy atom. The van der Waals surface area contributed by atoms with Gasteiger partial charge in [-0.3, -0.25) is 9.69 Å².